The maximum atomic E-state index is 10.9. The van der Waals surface area contributed by atoms with Crippen LogP contribution < -0.4 is 5.32 Å². The predicted octanol–water partition coefficient (Wildman–Crippen LogP) is 3.41. The molecular weight excluding hydrogens is 338 g/mol. The zero-order valence-corrected chi connectivity index (χ0v) is 13.8. The van der Waals surface area contributed by atoms with Gasteiger partial charge in [0, 0.05) is 12.1 Å². The number of nitrogens with zero attached hydrogens (tertiary/aromatic N) is 2. The van der Waals surface area contributed by atoms with Gasteiger partial charge >= 0.3 is 0 Å². The van der Waals surface area contributed by atoms with Gasteiger partial charge < -0.3 is 10.4 Å². The van der Waals surface area contributed by atoms with Crippen molar-refractivity contribution in [3.8, 4) is 0 Å². The molecule has 2 rings (SSSR count). The Morgan fingerprint density at radius 3 is 2.76 bits per heavy atom. The Hall–Kier alpha value is -1.21. The van der Waals surface area contributed by atoms with Gasteiger partial charge in [-0.25, -0.2) is 4.98 Å². The molecule has 1 aliphatic carbocycles. The van der Waals surface area contributed by atoms with E-state index >= 15 is 0 Å². The van der Waals surface area contributed by atoms with E-state index in [1.165, 1.54) is 6.20 Å². The molecule has 0 aliphatic heterocycles. The van der Waals surface area contributed by atoms with Gasteiger partial charge in [-0.1, -0.05) is 6.92 Å². The minimum atomic E-state index is -0.719. The molecule has 0 atom stereocenters. The van der Waals surface area contributed by atoms with Crippen molar-refractivity contribution in [1.29, 1.82) is 0 Å². The van der Waals surface area contributed by atoms with E-state index in [1.54, 1.807) is 6.92 Å². The van der Waals surface area contributed by atoms with Crippen LogP contribution in [0.25, 0.3) is 0 Å². The number of nitrogens with one attached hydrogen (secondary N) is 1. The average Bonchev–Trinajstić information content (AvgIpc) is 2.44. The zero-order chi connectivity index (χ0) is 15.6. The summed E-state index contributed by atoms with van der Waals surface area (Å²) in [5.41, 5.74) is -0.206. The van der Waals surface area contributed by atoms with Gasteiger partial charge in [0.05, 0.1) is 15.0 Å². The van der Waals surface area contributed by atoms with Crippen molar-refractivity contribution in [3.05, 3.63) is 26.3 Å². The van der Waals surface area contributed by atoms with Crippen LogP contribution >= 0.6 is 15.9 Å². The summed E-state index contributed by atoms with van der Waals surface area (Å²) in [6.07, 6.45) is 4.82. The lowest BCUT2D eigenvalue weighted by Crippen LogP contribution is -2.40. The van der Waals surface area contributed by atoms with E-state index in [1.807, 2.05) is 0 Å². The first-order valence-corrected chi connectivity index (χ1v) is 7.87. The van der Waals surface area contributed by atoms with Gasteiger partial charge in [0.2, 0.25) is 0 Å². The minimum absolute atomic E-state index is 0.0161. The van der Waals surface area contributed by atoms with Crippen molar-refractivity contribution in [2.45, 2.75) is 45.1 Å². The molecule has 1 saturated carbocycles. The number of nitro groups is 1. The number of hydrogen-bond acceptors (Lipinski definition) is 5. The highest BCUT2D eigenvalue weighted by Crippen LogP contribution is 2.34. The normalized spacial score (nSPS) is 25.6. The molecule has 1 aromatic rings. The van der Waals surface area contributed by atoms with Crippen LogP contribution in [-0.4, -0.2) is 27.2 Å². The summed E-state index contributed by atoms with van der Waals surface area (Å²) in [4.78, 5) is 14.5. The fourth-order valence-corrected chi connectivity index (χ4v) is 3.05. The third-order valence-corrected chi connectivity index (χ3v) is 5.19. The van der Waals surface area contributed by atoms with Gasteiger partial charge in [-0.05, 0) is 54.5 Å². The molecule has 0 bridgehead atoms. The molecule has 0 aromatic carbocycles. The highest BCUT2D eigenvalue weighted by molar-refractivity contribution is 9.10. The Bertz CT molecular complexity index is 543. The molecule has 6 nitrogen and oxygen atoms in total. The summed E-state index contributed by atoms with van der Waals surface area (Å²) < 4.78 is 0.574. The molecule has 0 saturated heterocycles. The lowest BCUT2D eigenvalue weighted by atomic mass is 9.79. The van der Waals surface area contributed by atoms with Gasteiger partial charge in [0.1, 0.15) is 12.0 Å². The Balaban J connectivity index is 2.07. The van der Waals surface area contributed by atoms with E-state index in [2.05, 4.69) is 33.2 Å². The molecule has 7 heteroatoms. The largest absolute Gasteiger partial charge is 0.388 e. The van der Waals surface area contributed by atoms with E-state index in [0.717, 1.165) is 25.7 Å². The summed E-state index contributed by atoms with van der Waals surface area (Å²) in [6, 6.07) is 0. The zero-order valence-electron chi connectivity index (χ0n) is 12.2. The number of pyridine rings is 1. The molecule has 21 heavy (non-hydrogen) atoms. The van der Waals surface area contributed by atoms with E-state index < -0.39 is 10.5 Å². The number of halogens is 1. The van der Waals surface area contributed by atoms with Crippen molar-refractivity contribution in [2.24, 2.45) is 5.92 Å². The fraction of sp³-hybridized carbons (Fsp3) is 0.643. The van der Waals surface area contributed by atoms with E-state index in [9.17, 15) is 15.2 Å². The van der Waals surface area contributed by atoms with E-state index in [0.29, 0.717) is 28.3 Å². The Morgan fingerprint density at radius 2 is 2.19 bits per heavy atom. The lowest BCUT2D eigenvalue weighted by molar-refractivity contribution is -0.385. The topological polar surface area (TPSA) is 88.3 Å². The van der Waals surface area contributed by atoms with Gasteiger partial charge in [0.25, 0.3) is 5.69 Å². The van der Waals surface area contributed by atoms with Crippen LogP contribution in [0.1, 0.15) is 38.2 Å². The number of rotatable bonds is 4. The van der Waals surface area contributed by atoms with Crippen LogP contribution in [0.4, 0.5) is 11.5 Å². The molecule has 0 spiro atoms. The third kappa shape index (κ3) is 3.71. The summed E-state index contributed by atoms with van der Waals surface area (Å²) >= 11 is 3.34. The van der Waals surface area contributed by atoms with Crippen LogP contribution in [0.5, 0.6) is 0 Å². The summed E-state index contributed by atoms with van der Waals surface area (Å²) in [5.74, 6) is 1.20. The molecule has 1 aliphatic rings. The summed E-state index contributed by atoms with van der Waals surface area (Å²) in [7, 11) is 0. The van der Waals surface area contributed by atoms with Crippen LogP contribution in [-0.2, 0) is 0 Å². The summed E-state index contributed by atoms with van der Waals surface area (Å²) in [5, 5.41) is 24.5. The fourth-order valence-electron chi connectivity index (χ4n) is 2.60. The van der Waals surface area contributed by atoms with Crippen molar-refractivity contribution < 1.29 is 10.0 Å². The van der Waals surface area contributed by atoms with Gasteiger partial charge in [-0.3, -0.25) is 10.1 Å². The number of anilines is 1. The number of aliphatic hydroxyl groups is 1. The Morgan fingerprint density at radius 1 is 1.57 bits per heavy atom. The first-order valence-electron chi connectivity index (χ1n) is 7.08. The molecule has 1 aromatic heterocycles. The number of hydrogen-bond donors (Lipinski definition) is 2. The number of aromatic nitrogens is 1. The quantitative estimate of drug-likeness (QED) is 0.636. The van der Waals surface area contributed by atoms with Crippen LogP contribution in [0.3, 0.4) is 0 Å². The second kappa shape index (κ2) is 6.27. The van der Waals surface area contributed by atoms with Gasteiger partial charge in [0.15, 0.2) is 0 Å². The van der Waals surface area contributed by atoms with Gasteiger partial charge in [-0.2, -0.15) is 0 Å². The summed E-state index contributed by atoms with van der Waals surface area (Å²) in [6.45, 7) is 4.28. The second-order valence-electron chi connectivity index (χ2n) is 5.95. The van der Waals surface area contributed by atoms with Crippen molar-refractivity contribution >= 4 is 27.4 Å². The highest BCUT2D eigenvalue weighted by atomic mass is 79.9. The SMILES string of the molecule is Cc1c([N+](=O)[O-])cnc(NCC2(O)CCC(C)CC2)c1Br. The van der Waals surface area contributed by atoms with Crippen LogP contribution in [0.15, 0.2) is 10.7 Å². The van der Waals surface area contributed by atoms with Crippen molar-refractivity contribution in [3.63, 3.8) is 0 Å². The molecule has 2 N–H and O–H groups in total. The maximum absolute atomic E-state index is 10.9. The smallest absolute Gasteiger partial charge is 0.291 e. The standard InChI is InChI=1S/C14H20BrN3O3/c1-9-3-5-14(19,6-4-9)8-17-13-12(15)10(2)11(7-16-13)18(20)21/h7,9,19H,3-6,8H2,1-2H3,(H,16,17). The van der Waals surface area contributed by atoms with Crippen molar-refractivity contribution in [2.75, 3.05) is 11.9 Å². The Labute approximate surface area is 132 Å². The Kier molecular flexibility index (Phi) is 4.83. The second-order valence-corrected chi connectivity index (χ2v) is 6.74. The first kappa shape index (κ1) is 16.2. The molecule has 0 unspecified atom stereocenters. The van der Waals surface area contributed by atoms with Crippen LogP contribution in [0, 0.1) is 23.0 Å². The molecule has 1 heterocycles. The molecule has 0 radical (unpaired) electrons. The first-order chi connectivity index (χ1) is 9.82. The molecule has 0 amide bonds. The molecular formula is C14H20BrN3O3. The lowest BCUT2D eigenvalue weighted by Gasteiger charge is -2.35. The maximum Gasteiger partial charge on any atom is 0.291 e. The average molecular weight is 358 g/mol. The molecule has 116 valence electrons. The van der Waals surface area contributed by atoms with E-state index in [-0.39, 0.29) is 5.69 Å². The third-order valence-electron chi connectivity index (χ3n) is 4.22. The predicted molar refractivity (Wildman–Crippen MR) is 84.4 cm³/mol. The monoisotopic (exact) mass is 357 g/mol. The molecule has 1 fully saturated rings. The highest BCUT2D eigenvalue weighted by Gasteiger charge is 2.32. The van der Waals surface area contributed by atoms with Crippen molar-refractivity contribution in [1.82, 2.24) is 4.98 Å². The minimum Gasteiger partial charge on any atom is -0.388 e. The van der Waals surface area contributed by atoms with Gasteiger partial charge in [-0.15, -0.1) is 0 Å². The van der Waals surface area contributed by atoms with E-state index in [4.69, 9.17) is 0 Å². The van der Waals surface area contributed by atoms with Crippen LogP contribution in [0.2, 0.25) is 0 Å².